The molecule has 3 rings (SSSR count). The number of thiocarbonyl (C=S) groups is 1. The number of benzene rings is 2. The van der Waals surface area contributed by atoms with Crippen LogP contribution in [-0.2, 0) is 6.42 Å². The summed E-state index contributed by atoms with van der Waals surface area (Å²) in [6, 6.07) is 14.2. The van der Waals surface area contributed by atoms with Crippen molar-refractivity contribution in [2.24, 2.45) is 0 Å². The minimum atomic E-state index is 0.0679. The number of hydrogen-bond acceptors (Lipinski definition) is 3. The van der Waals surface area contributed by atoms with Gasteiger partial charge in [-0.25, -0.2) is 0 Å². The molecular weight excluding hydrogens is 308 g/mol. The van der Waals surface area contributed by atoms with Crippen LogP contribution >= 0.6 is 12.2 Å². The number of ether oxygens (including phenoxy) is 2. The molecule has 1 unspecified atom stereocenters. The van der Waals surface area contributed by atoms with Crippen LogP contribution in [0, 0.1) is 0 Å². The van der Waals surface area contributed by atoms with Crippen molar-refractivity contribution in [2.45, 2.75) is 26.3 Å². The van der Waals surface area contributed by atoms with Crippen LogP contribution in [0.4, 0.5) is 5.69 Å². The molecule has 0 fully saturated rings. The van der Waals surface area contributed by atoms with Gasteiger partial charge in [0.25, 0.3) is 0 Å². The van der Waals surface area contributed by atoms with Gasteiger partial charge in [-0.15, -0.1) is 0 Å². The van der Waals surface area contributed by atoms with Crippen molar-refractivity contribution in [1.29, 1.82) is 0 Å². The molecule has 0 aliphatic carbocycles. The predicted octanol–water partition coefficient (Wildman–Crippen LogP) is 4.03. The summed E-state index contributed by atoms with van der Waals surface area (Å²) in [5.74, 6) is 1.57. The van der Waals surface area contributed by atoms with Gasteiger partial charge in [0.15, 0.2) is 16.6 Å². The maximum absolute atomic E-state index is 5.44. The predicted molar refractivity (Wildman–Crippen MR) is 96.2 cm³/mol. The third kappa shape index (κ3) is 3.56. The third-order valence-corrected chi connectivity index (χ3v) is 4.11. The van der Waals surface area contributed by atoms with E-state index in [-0.39, 0.29) is 12.8 Å². The second kappa shape index (κ2) is 6.87. The Balaban J connectivity index is 1.65. The molecule has 120 valence electrons. The second-order valence-electron chi connectivity index (χ2n) is 5.44. The Bertz CT molecular complexity index is 718. The Morgan fingerprint density at radius 2 is 1.96 bits per heavy atom. The minimum Gasteiger partial charge on any atom is -0.454 e. The first kappa shape index (κ1) is 15.6. The van der Waals surface area contributed by atoms with Crippen LogP contribution in [0.5, 0.6) is 11.5 Å². The lowest BCUT2D eigenvalue weighted by atomic mass is 10.1. The average molecular weight is 328 g/mol. The van der Waals surface area contributed by atoms with Gasteiger partial charge in [0, 0.05) is 5.69 Å². The normalized spacial score (nSPS) is 13.5. The number of nitrogens with one attached hydrogen (secondary N) is 2. The van der Waals surface area contributed by atoms with Crippen molar-refractivity contribution < 1.29 is 9.47 Å². The molecule has 5 heteroatoms. The molecule has 0 aromatic heterocycles. The molecule has 0 radical (unpaired) electrons. The molecule has 0 spiro atoms. The van der Waals surface area contributed by atoms with Crippen molar-refractivity contribution in [3.05, 3.63) is 53.6 Å². The topological polar surface area (TPSA) is 42.5 Å². The Morgan fingerprint density at radius 1 is 1.17 bits per heavy atom. The fourth-order valence-electron chi connectivity index (χ4n) is 2.57. The molecule has 1 aliphatic heterocycles. The van der Waals surface area contributed by atoms with E-state index >= 15 is 0 Å². The highest BCUT2D eigenvalue weighted by atomic mass is 32.1. The summed E-state index contributed by atoms with van der Waals surface area (Å²) in [5.41, 5.74) is 3.39. The SMILES string of the molecule is CCc1ccccc1NC(=S)NC(C)c1ccc2c(c1)OCO2. The number of fused-ring (bicyclic) bond motifs is 1. The molecule has 0 saturated carbocycles. The highest BCUT2D eigenvalue weighted by Gasteiger charge is 2.16. The Hall–Kier alpha value is -2.27. The van der Waals surface area contributed by atoms with Crippen molar-refractivity contribution in [3.63, 3.8) is 0 Å². The lowest BCUT2D eigenvalue weighted by Crippen LogP contribution is -2.31. The lowest BCUT2D eigenvalue weighted by Gasteiger charge is -2.19. The van der Waals surface area contributed by atoms with Crippen molar-refractivity contribution in [1.82, 2.24) is 5.32 Å². The molecule has 0 saturated heterocycles. The van der Waals surface area contributed by atoms with E-state index in [1.54, 1.807) is 0 Å². The van der Waals surface area contributed by atoms with Gasteiger partial charge in [0.2, 0.25) is 6.79 Å². The van der Waals surface area contributed by atoms with Crippen LogP contribution in [0.25, 0.3) is 0 Å². The smallest absolute Gasteiger partial charge is 0.231 e. The fourth-order valence-corrected chi connectivity index (χ4v) is 2.86. The first-order valence-corrected chi connectivity index (χ1v) is 8.13. The highest BCUT2D eigenvalue weighted by Crippen LogP contribution is 2.34. The van der Waals surface area contributed by atoms with E-state index in [9.17, 15) is 0 Å². The summed E-state index contributed by atoms with van der Waals surface area (Å²) in [5, 5.41) is 7.20. The molecule has 2 aromatic rings. The van der Waals surface area contributed by atoms with Crippen LogP contribution in [0.15, 0.2) is 42.5 Å². The van der Waals surface area contributed by atoms with Gasteiger partial charge in [-0.05, 0) is 54.9 Å². The van der Waals surface area contributed by atoms with E-state index in [0.29, 0.717) is 5.11 Å². The minimum absolute atomic E-state index is 0.0679. The van der Waals surface area contributed by atoms with Crippen LogP contribution in [0.2, 0.25) is 0 Å². The molecular formula is C18H20N2O2S. The summed E-state index contributed by atoms with van der Waals surface area (Å²) < 4.78 is 10.8. The van der Waals surface area contributed by atoms with Crippen molar-refractivity contribution in [2.75, 3.05) is 12.1 Å². The average Bonchev–Trinajstić information content (AvgIpc) is 3.02. The summed E-state index contributed by atoms with van der Waals surface area (Å²) >= 11 is 5.44. The maximum Gasteiger partial charge on any atom is 0.231 e. The number of anilines is 1. The molecule has 1 aliphatic rings. The van der Waals surface area contributed by atoms with E-state index in [4.69, 9.17) is 21.7 Å². The lowest BCUT2D eigenvalue weighted by molar-refractivity contribution is 0.174. The summed E-state index contributed by atoms with van der Waals surface area (Å²) in [4.78, 5) is 0. The van der Waals surface area contributed by atoms with Gasteiger partial charge in [-0.1, -0.05) is 31.2 Å². The second-order valence-corrected chi connectivity index (χ2v) is 5.85. The maximum atomic E-state index is 5.44. The molecule has 2 N–H and O–H groups in total. The number of aryl methyl sites for hydroxylation is 1. The number of rotatable bonds is 4. The van der Waals surface area contributed by atoms with Gasteiger partial charge >= 0.3 is 0 Å². The van der Waals surface area contributed by atoms with E-state index in [2.05, 4.69) is 30.5 Å². The van der Waals surface area contributed by atoms with E-state index in [0.717, 1.165) is 29.2 Å². The molecule has 23 heavy (non-hydrogen) atoms. The first-order chi connectivity index (χ1) is 11.2. The summed E-state index contributed by atoms with van der Waals surface area (Å²) in [6.07, 6.45) is 0.962. The Morgan fingerprint density at radius 3 is 2.78 bits per heavy atom. The highest BCUT2D eigenvalue weighted by molar-refractivity contribution is 7.80. The third-order valence-electron chi connectivity index (χ3n) is 3.89. The van der Waals surface area contributed by atoms with Crippen LogP contribution in [0.3, 0.4) is 0 Å². The van der Waals surface area contributed by atoms with Gasteiger partial charge in [0.1, 0.15) is 0 Å². The number of hydrogen-bond donors (Lipinski definition) is 2. The monoisotopic (exact) mass is 328 g/mol. The molecule has 0 amide bonds. The van der Waals surface area contributed by atoms with Crippen molar-refractivity contribution in [3.8, 4) is 11.5 Å². The van der Waals surface area contributed by atoms with E-state index in [1.807, 2.05) is 36.4 Å². The molecule has 0 bridgehead atoms. The molecule has 2 aromatic carbocycles. The quantitative estimate of drug-likeness (QED) is 0.830. The van der Waals surface area contributed by atoms with E-state index in [1.165, 1.54) is 5.56 Å². The zero-order valence-corrected chi connectivity index (χ0v) is 14.1. The van der Waals surface area contributed by atoms with Gasteiger partial charge in [-0.3, -0.25) is 0 Å². The zero-order chi connectivity index (χ0) is 16.2. The van der Waals surface area contributed by atoms with Gasteiger partial charge < -0.3 is 20.1 Å². The largest absolute Gasteiger partial charge is 0.454 e. The Labute approximate surface area is 141 Å². The summed E-state index contributed by atoms with van der Waals surface area (Å²) in [6.45, 7) is 4.48. The van der Waals surface area contributed by atoms with Gasteiger partial charge in [0.05, 0.1) is 6.04 Å². The molecule has 1 heterocycles. The van der Waals surface area contributed by atoms with Gasteiger partial charge in [-0.2, -0.15) is 0 Å². The van der Waals surface area contributed by atoms with Crippen molar-refractivity contribution >= 4 is 23.0 Å². The van der Waals surface area contributed by atoms with Crippen LogP contribution < -0.4 is 20.1 Å². The summed E-state index contributed by atoms with van der Waals surface area (Å²) in [7, 11) is 0. The first-order valence-electron chi connectivity index (χ1n) is 7.72. The zero-order valence-electron chi connectivity index (χ0n) is 13.3. The van der Waals surface area contributed by atoms with Crippen LogP contribution in [-0.4, -0.2) is 11.9 Å². The van der Waals surface area contributed by atoms with E-state index < -0.39 is 0 Å². The molecule has 4 nitrogen and oxygen atoms in total. The van der Waals surface area contributed by atoms with Crippen LogP contribution in [0.1, 0.15) is 31.0 Å². The standard InChI is InChI=1S/C18H20N2O2S/c1-3-13-6-4-5-7-15(13)20-18(23)19-12(2)14-8-9-16-17(10-14)22-11-21-16/h4-10,12H,3,11H2,1-2H3,(H2,19,20,23). The number of para-hydroxylation sites is 1. The Kier molecular flexibility index (Phi) is 4.67. The fraction of sp³-hybridized carbons (Fsp3) is 0.278. The molecule has 1 atom stereocenters.